The van der Waals surface area contributed by atoms with Crippen molar-refractivity contribution in [2.75, 3.05) is 0 Å². The first-order valence-electron chi connectivity index (χ1n) is 10.7. The van der Waals surface area contributed by atoms with Crippen LogP contribution in [-0.2, 0) is 4.74 Å². The Kier molecular flexibility index (Phi) is 12.0. The minimum Gasteiger partial charge on any atom is -0.459 e. The summed E-state index contributed by atoms with van der Waals surface area (Å²) in [6.07, 6.45) is 13.1. The number of carbonyl (C=O) groups excluding carboxylic acids is 1. The quantitative estimate of drug-likeness (QED) is 0.246. The van der Waals surface area contributed by atoms with Crippen molar-refractivity contribution in [3.63, 3.8) is 0 Å². The van der Waals surface area contributed by atoms with Gasteiger partial charge in [-0.15, -0.1) is 0 Å². The van der Waals surface area contributed by atoms with E-state index in [-0.39, 0.29) is 11.7 Å². The average Bonchev–Trinajstić information content (AvgIpc) is 2.64. The molecular formula is C23H36F2O2. The number of aryl methyl sites for hydroxylation is 1. The Morgan fingerprint density at radius 1 is 0.889 bits per heavy atom. The standard InChI is InChI=1S/C23H36F2O2/c1-4-6-7-8-9-10-11-12-13-15-19(14-5-2)27-23(26)21-20(24)17-16-18(3)22(21)25/h16-17,19H,4-15H2,1-3H3. The highest BCUT2D eigenvalue weighted by Gasteiger charge is 2.23. The molecule has 0 aromatic heterocycles. The summed E-state index contributed by atoms with van der Waals surface area (Å²) >= 11 is 0. The number of benzene rings is 1. The molecule has 1 aromatic carbocycles. The number of carbonyl (C=O) groups is 1. The highest BCUT2D eigenvalue weighted by molar-refractivity contribution is 5.90. The zero-order chi connectivity index (χ0) is 20.1. The fraction of sp³-hybridized carbons (Fsp3) is 0.696. The van der Waals surface area contributed by atoms with Crippen LogP contribution in [0.2, 0.25) is 0 Å². The summed E-state index contributed by atoms with van der Waals surface area (Å²) < 4.78 is 33.4. The molecule has 4 heteroatoms. The van der Waals surface area contributed by atoms with Gasteiger partial charge in [-0.1, -0.05) is 77.7 Å². The number of hydrogen-bond donors (Lipinski definition) is 0. The number of rotatable bonds is 14. The number of ether oxygens (including phenoxy) is 1. The van der Waals surface area contributed by atoms with E-state index in [0.29, 0.717) is 0 Å². The predicted molar refractivity (Wildman–Crippen MR) is 107 cm³/mol. The van der Waals surface area contributed by atoms with Crippen LogP contribution in [0.1, 0.15) is 107 Å². The SMILES string of the molecule is CCCCCCCCCCCC(CCC)OC(=O)c1c(F)ccc(C)c1F. The minimum atomic E-state index is -0.886. The molecule has 2 nitrogen and oxygen atoms in total. The molecule has 1 unspecified atom stereocenters. The number of hydrogen-bond acceptors (Lipinski definition) is 2. The van der Waals surface area contributed by atoms with Gasteiger partial charge in [0.1, 0.15) is 23.3 Å². The molecule has 0 spiro atoms. The van der Waals surface area contributed by atoms with Crippen LogP contribution in [0.4, 0.5) is 8.78 Å². The third kappa shape index (κ3) is 8.85. The molecule has 0 aliphatic rings. The first kappa shape index (κ1) is 23.6. The summed E-state index contributed by atoms with van der Waals surface area (Å²) in [6, 6.07) is 2.44. The number of unbranched alkanes of at least 4 members (excludes halogenated alkanes) is 8. The van der Waals surface area contributed by atoms with Crippen LogP contribution in [0.3, 0.4) is 0 Å². The summed E-state index contributed by atoms with van der Waals surface area (Å²) in [6.45, 7) is 5.75. The number of halogens is 2. The van der Waals surface area contributed by atoms with E-state index in [1.165, 1.54) is 57.9 Å². The molecule has 0 N–H and O–H groups in total. The second-order valence-corrected chi connectivity index (χ2v) is 7.49. The maximum Gasteiger partial charge on any atom is 0.344 e. The van der Waals surface area contributed by atoms with Crippen molar-refractivity contribution in [1.29, 1.82) is 0 Å². The normalized spacial score (nSPS) is 12.2. The van der Waals surface area contributed by atoms with E-state index in [9.17, 15) is 13.6 Å². The van der Waals surface area contributed by atoms with Crippen LogP contribution in [0.25, 0.3) is 0 Å². The van der Waals surface area contributed by atoms with Gasteiger partial charge in [-0.2, -0.15) is 0 Å². The average molecular weight is 383 g/mol. The summed E-state index contributed by atoms with van der Waals surface area (Å²) in [5.41, 5.74) is -0.322. The highest BCUT2D eigenvalue weighted by atomic mass is 19.1. The fourth-order valence-corrected chi connectivity index (χ4v) is 3.32. The Morgan fingerprint density at radius 3 is 2.07 bits per heavy atom. The van der Waals surface area contributed by atoms with E-state index in [1.807, 2.05) is 6.92 Å². The van der Waals surface area contributed by atoms with E-state index in [4.69, 9.17) is 4.74 Å². The van der Waals surface area contributed by atoms with Gasteiger partial charge in [0.15, 0.2) is 0 Å². The van der Waals surface area contributed by atoms with E-state index >= 15 is 0 Å². The zero-order valence-electron chi connectivity index (χ0n) is 17.3. The Hall–Kier alpha value is -1.45. The molecule has 0 amide bonds. The van der Waals surface area contributed by atoms with Crippen LogP contribution in [-0.4, -0.2) is 12.1 Å². The van der Waals surface area contributed by atoms with Crippen LogP contribution >= 0.6 is 0 Å². The molecule has 1 aromatic rings. The van der Waals surface area contributed by atoms with Crippen molar-refractivity contribution in [2.45, 2.75) is 104 Å². The molecule has 154 valence electrons. The molecule has 0 aliphatic heterocycles. The largest absolute Gasteiger partial charge is 0.459 e. The molecule has 0 bridgehead atoms. The second-order valence-electron chi connectivity index (χ2n) is 7.49. The molecule has 1 rings (SSSR count). The summed E-state index contributed by atoms with van der Waals surface area (Å²) in [5, 5.41) is 0. The molecule has 0 saturated heterocycles. The monoisotopic (exact) mass is 382 g/mol. The molecule has 0 aliphatic carbocycles. The summed E-state index contributed by atoms with van der Waals surface area (Å²) in [5.74, 6) is -2.57. The lowest BCUT2D eigenvalue weighted by Gasteiger charge is -2.18. The van der Waals surface area contributed by atoms with Crippen LogP contribution in [0.5, 0.6) is 0 Å². The van der Waals surface area contributed by atoms with Gasteiger partial charge in [0, 0.05) is 0 Å². The lowest BCUT2D eigenvalue weighted by molar-refractivity contribution is 0.0243. The third-order valence-electron chi connectivity index (χ3n) is 5.00. The molecule has 1 atom stereocenters. The third-order valence-corrected chi connectivity index (χ3v) is 5.00. The van der Waals surface area contributed by atoms with Crippen LogP contribution in [0.15, 0.2) is 12.1 Å². The van der Waals surface area contributed by atoms with Crippen molar-refractivity contribution in [2.24, 2.45) is 0 Å². The second kappa shape index (κ2) is 13.7. The van der Waals surface area contributed by atoms with Crippen molar-refractivity contribution in [1.82, 2.24) is 0 Å². The lowest BCUT2D eigenvalue weighted by atomic mass is 10.0. The lowest BCUT2D eigenvalue weighted by Crippen LogP contribution is -2.20. The molecule has 27 heavy (non-hydrogen) atoms. The topological polar surface area (TPSA) is 26.3 Å². The van der Waals surface area contributed by atoms with E-state index in [1.54, 1.807) is 0 Å². The van der Waals surface area contributed by atoms with Gasteiger partial charge in [0.2, 0.25) is 0 Å². The van der Waals surface area contributed by atoms with Crippen molar-refractivity contribution < 1.29 is 18.3 Å². The van der Waals surface area contributed by atoms with E-state index < -0.39 is 23.2 Å². The number of esters is 1. The van der Waals surface area contributed by atoms with Crippen LogP contribution in [0, 0.1) is 18.6 Å². The van der Waals surface area contributed by atoms with Gasteiger partial charge in [0.05, 0.1) is 0 Å². The summed E-state index contributed by atoms with van der Waals surface area (Å²) in [7, 11) is 0. The molecule has 0 saturated carbocycles. The fourth-order valence-electron chi connectivity index (χ4n) is 3.32. The Balaban J connectivity index is 2.39. The highest BCUT2D eigenvalue weighted by Crippen LogP contribution is 2.21. The van der Waals surface area contributed by atoms with E-state index in [0.717, 1.165) is 38.2 Å². The Bertz CT molecular complexity index is 558. The first-order valence-corrected chi connectivity index (χ1v) is 10.7. The van der Waals surface area contributed by atoms with Gasteiger partial charge in [-0.05, 0) is 37.8 Å². The smallest absolute Gasteiger partial charge is 0.344 e. The van der Waals surface area contributed by atoms with Gasteiger partial charge in [-0.3, -0.25) is 0 Å². The van der Waals surface area contributed by atoms with Gasteiger partial charge in [0.25, 0.3) is 0 Å². The zero-order valence-corrected chi connectivity index (χ0v) is 17.3. The molecule has 0 radical (unpaired) electrons. The Labute approximate surface area is 163 Å². The summed E-state index contributed by atoms with van der Waals surface area (Å²) in [4.78, 5) is 12.3. The van der Waals surface area contributed by atoms with E-state index in [2.05, 4.69) is 6.92 Å². The maximum atomic E-state index is 14.1. The van der Waals surface area contributed by atoms with Crippen molar-refractivity contribution >= 4 is 5.97 Å². The minimum absolute atomic E-state index is 0.245. The van der Waals surface area contributed by atoms with Gasteiger partial charge < -0.3 is 4.74 Å². The maximum absolute atomic E-state index is 14.1. The molecule has 0 heterocycles. The van der Waals surface area contributed by atoms with Crippen LogP contribution < -0.4 is 0 Å². The van der Waals surface area contributed by atoms with Gasteiger partial charge in [-0.25, -0.2) is 13.6 Å². The first-order chi connectivity index (χ1) is 13.0. The molecule has 0 fully saturated rings. The van der Waals surface area contributed by atoms with Gasteiger partial charge >= 0.3 is 5.97 Å². The van der Waals surface area contributed by atoms with Crippen molar-refractivity contribution in [3.05, 3.63) is 34.9 Å². The Morgan fingerprint density at radius 2 is 1.48 bits per heavy atom. The van der Waals surface area contributed by atoms with Crippen molar-refractivity contribution in [3.8, 4) is 0 Å². The predicted octanol–water partition coefficient (Wildman–Crippen LogP) is 7.52. The molecular weight excluding hydrogens is 346 g/mol.